The molecule has 0 spiro atoms. The van der Waals surface area contributed by atoms with Gasteiger partial charge in [-0.15, -0.1) is 0 Å². The van der Waals surface area contributed by atoms with Gasteiger partial charge in [-0.3, -0.25) is 4.79 Å². The lowest BCUT2D eigenvalue weighted by molar-refractivity contribution is -0.131. The summed E-state index contributed by atoms with van der Waals surface area (Å²) < 4.78 is 5.37. The van der Waals surface area contributed by atoms with Gasteiger partial charge in [-0.05, 0) is 30.5 Å². The molecule has 0 radical (unpaired) electrons. The molecule has 0 aromatic heterocycles. The lowest BCUT2D eigenvalue weighted by Gasteiger charge is -2.29. The Balaban J connectivity index is 1.59. The van der Waals surface area contributed by atoms with Crippen molar-refractivity contribution in [1.82, 2.24) is 4.90 Å². The van der Waals surface area contributed by atoms with Crippen molar-refractivity contribution in [3.05, 3.63) is 29.8 Å². The summed E-state index contributed by atoms with van der Waals surface area (Å²) in [7, 11) is 1.90. The van der Waals surface area contributed by atoms with E-state index in [4.69, 9.17) is 4.74 Å². The average molecular weight is 274 g/mol. The second-order valence-corrected chi connectivity index (χ2v) is 5.73. The topological polar surface area (TPSA) is 32.8 Å². The number of amides is 1. The third-order valence-electron chi connectivity index (χ3n) is 4.04. The number of rotatable bonds is 4. The minimum absolute atomic E-state index is 0.294. The fraction of sp³-hybridized carbons (Fsp3) is 0.562. The molecule has 0 atom stereocenters. The predicted octanol–water partition coefficient (Wildman–Crippen LogP) is 1.89. The zero-order valence-corrected chi connectivity index (χ0v) is 12.0. The molecule has 1 heterocycles. The first-order chi connectivity index (χ1) is 9.74. The van der Waals surface area contributed by atoms with E-state index in [-0.39, 0.29) is 0 Å². The number of ether oxygens (including phenoxy) is 1. The van der Waals surface area contributed by atoms with Gasteiger partial charge in [0.1, 0.15) is 0 Å². The molecule has 1 aromatic carbocycles. The number of carbonyl (C=O) groups is 1. The molecule has 108 valence electrons. The monoisotopic (exact) mass is 274 g/mol. The van der Waals surface area contributed by atoms with Gasteiger partial charge in [0.2, 0.25) is 5.91 Å². The van der Waals surface area contributed by atoms with E-state index in [2.05, 4.69) is 29.2 Å². The Morgan fingerprint density at radius 3 is 2.50 bits per heavy atom. The number of anilines is 1. The fourth-order valence-corrected chi connectivity index (χ4v) is 2.63. The zero-order chi connectivity index (χ0) is 13.9. The van der Waals surface area contributed by atoms with Crippen LogP contribution < -0.4 is 4.90 Å². The minimum Gasteiger partial charge on any atom is -0.378 e. The second-order valence-electron chi connectivity index (χ2n) is 5.73. The van der Waals surface area contributed by atoms with Crippen molar-refractivity contribution in [2.45, 2.75) is 19.4 Å². The molecule has 1 aliphatic heterocycles. The first kappa shape index (κ1) is 13.4. The molecule has 4 nitrogen and oxygen atoms in total. The van der Waals surface area contributed by atoms with Gasteiger partial charge in [-0.25, -0.2) is 0 Å². The van der Waals surface area contributed by atoms with Crippen LogP contribution in [0, 0.1) is 5.92 Å². The molecule has 2 fully saturated rings. The van der Waals surface area contributed by atoms with Crippen LogP contribution in [0.1, 0.15) is 18.4 Å². The Bertz CT molecular complexity index is 462. The van der Waals surface area contributed by atoms with Crippen molar-refractivity contribution in [2.75, 3.05) is 38.3 Å². The lowest BCUT2D eigenvalue weighted by Crippen LogP contribution is -2.36. The molecule has 20 heavy (non-hydrogen) atoms. The number of carbonyl (C=O) groups excluding carboxylic acids is 1. The maximum atomic E-state index is 11.9. The first-order valence-electron chi connectivity index (χ1n) is 7.40. The van der Waals surface area contributed by atoms with Crippen molar-refractivity contribution in [2.24, 2.45) is 5.92 Å². The van der Waals surface area contributed by atoms with Crippen LogP contribution in [-0.4, -0.2) is 44.2 Å². The largest absolute Gasteiger partial charge is 0.378 e. The van der Waals surface area contributed by atoms with Gasteiger partial charge in [-0.2, -0.15) is 0 Å². The van der Waals surface area contributed by atoms with Crippen molar-refractivity contribution >= 4 is 11.6 Å². The van der Waals surface area contributed by atoms with Crippen LogP contribution >= 0.6 is 0 Å². The highest BCUT2D eigenvalue weighted by atomic mass is 16.5. The Labute approximate surface area is 120 Å². The standard InChI is InChI=1S/C16H22N2O2/c1-17(16(19)14-4-5-14)12-13-2-6-15(7-3-13)18-8-10-20-11-9-18/h2-3,6-7,14H,4-5,8-12H2,1H3. The lowest BCUT2D eigenvalue weighted by atomic mass is 10.1. The summed E-state index contributed by atoms with van der Waals surface area (Å²) in [6.07, 6.45) is 2.14. The molecule has 4 heteroatoms. The highest BCUT2D eigenvalue weighted by molar-refractivity contribution is 5.80. The highest BCUT2D eigenvalue weighted by Crippen LogP contribution is 2.31. The smallest absolute Gasteiger partial charge is 0.225 e. The Morgan fingerprint density at radius 2 is 1.90 bits per heavy atom. The van der Waals surface area contributed by atoms with Crippen LogP contribution in [0.5, 0.6) is 0 Å². The fourth-order valence-electron chi connectivity index (χ4n) is 2.63. The molecular weight excluding hydrogens is 252 g/mol. The normalized spacial score (nSPS) is 18.9. The molecule has 1 aliphatic carbocycles. The predicted molar refractivity (Wildman–Crippen MR) is 78.7 cm³/mol. The summed E-state index contributed by atoms with van der Waals surface area (Å²) in [5, 5.41) is 0. The molecule has 2 aliphatic rings. The third-order valence-corrected chi connectivity index (χ3v) is 4.04. The van der Waals surface area contributed by atoms with E-state index in [0.29, 0.717) is 18.4 Å². The Hall–Kier alpha value is -1.55. The van der Waals surface area contributed by atoms with Crippen LogP contribution in [0.25, 0.3) is 0 Å². The van der Waals surface area contributed by atoms with Gasteiger partial charge >= 0.3 is 0 Å². The van der Waals surface area contributed by atoms with Gasteiger partial charge < -0.3 is 14.5 Å². The maximum Gasteiger partial charge on any atom is 0.225 e. The summed E-state index contributed by atoms with van der Waals surface area (Å²) in [5.74, 6) is 0.592. The summed E-state index contributed by atoms with van der Waals surface area (Å²) in [6.45, 7) is 4.23. The van der Waals surface area contributed by atoms with E-state index >= 15 is 0 Å². The van der Waals surface area contributed by atoms with Crippen molar-refractivity contribution in [3.63, 3.8) is 0 Å². The highest BCUT2D eigenvalue weighted by Gasteiger charge is 2.31. The summed E-state index contributed by atoms with van der Waals surface area (Å²) in [6, 6.07) is 8.55. The van der Waals surface area contributed by atoms with Gasteiger partial charge in [0.05, 0.1) is 13.2 Å². The quantitative estimate of drug-likeness (QED) is 0.840. The van der Waals surface area contributed by atoms with Crippen LogP contribution in [0.15, 0.2) is 24.3 Å². The van der Waals surface area contributed by atoms with Gasteiger partial charge in [0.25, 0.3) is 0 Å². The van der Waals surface area contributed by atoms with Gasteiger partial charge in [-0.1, -0.05) is 12.1 Å². The van der Waals surface area contributed by atoms with Crippen LogP contribution in [-0.2, 0) is 16.1 Å². The van der Waals surface area contributed by atoms with Crippen LogP contribution in [0.4, 0.5) is 5.69 Å². The Kier molecular flexibility index (Phi) is 3.92. The SMILES string of the molecule is CN(Cc1ccc(N2CCOCC2)cc1)C(=O)C1CC1. The molecule has 1 amide bonds. The molecule has 1 saturated carbocycles. The van der Waals surface area contributed by atoms with E-state index in [1.165, 1.54) is 11.3 Å². The molecule has 3 rings (SSSR count). The zero-order valence-electron chi connectivity index (χ0n) is 12.0. The van der Waals surface area contributed by atoms with Gasteiger partial charge in [0, 0.05) is 38.3 Å². The maximum absolute atomic E-state index is 11.9. The number of benzene rings is 1. The van der Waals surface area contributed by atoms with E-state index < -0.39 is 0 Å². The number of nitrogens with zero attached hydrogens (tertiary/aromatic N) is 2. The first-order valence-corrected chi connectivity index (χ1v) is 7.40. The third kappa shape index (κ3) is 3.12. The van der Waals surface area contributed by atoms with Crippen molar-refractivity contribution in [1.29, 1.82) is 0 Å². The van der Waals surface area contributed by atoms with E-state index in [0.717, 1.165) is 39.1 Å². The van der Waals surface area contributed by atoms with Gasteiger partial charge in [0.15, 0.2) is 0 Å². The van der Waals surface area contributed by atoms with E-state index in [9.17, 15) is 4.79 Å². The summed E-state index contributed by atoms with van der Waals surface area (Å²) >= 11 is 0. The Morgan fingerprint density at radius 1 is 1.25 bits per heavy atom. The van der Waals surface area contributed by atoms with Crippen LogP contribution in [0.3, 0.4) is 0 Å². The molecule has 0 unspecified atom stereocenters. The minimum atomic E-state index is 0.294. The van der Waals surface area contributed by atoms with Crippen LogP contribution in [0.2, 0.25) is 0 Å². The summed E-state index contributed by atoms with van der Waals surface area (Å²) in [4.78, 5) is 16.1. The number of hydrogen-bond donors (Lipinski definition) is 0. The molecule has 0 bridgehead atoms. The molecule has 1 aromatic rings. The van der Waals surface area contributed by atoms with Crippen molar-refractivity contribution < 1.29 is 9.53 Å². The summed E-state index contributed by atoms with van der Waals surface area (Å²) in [5.41, 5.74) is 2.44. The van der Waals surface area contributed by atoms with E-state index in [1.54, 1.807) is 0 Å². The molecular formula is C16H22N2O2. The van der Waals surface area contributed by atoms with E-state index in [1.807, 2.05) is 11.9 Å². The molecule has 1 saturated heterocycles. The average Bonchev–Trinajstić information content (AvgIpc) is 3.33. The second kappa shape index (κ2) is 5.83. The van der Waals surface area contributed by atoms with Crippen molar-refractivity contribution in [3.8, 4) is 0 Å². The number of morpholine rings is 1. The number of hydrogen-bond acceptors (Lipinski definition) is 3. The molecule has 0 N–H and O–H groups in total.